The van der Waals surface area contributed by atoms with E-state index in [1.807, 2.05) is 0 Å². The van der Waals surface area contributed by atoms with Crippen molar-refractivity contribution in [3.05, 3.63) is 0 Å². The zero-order chi connectivity index (χ0) is 9.56. The van der Waals surface area contributed by atoms with Gasteiger partial charge in [0, 0.05) is 0 Å². The molecule has 4 nitrogen and oxygen atoms in total. The molecule has 0 rings (SSSR count). The fourth-order valence-corrected chi connectivity index (χ4v) is 0.711. The average Bonchev–Trinajstić information content (AvgIpc) is 1.84. The second-order valence-corrected chi connectivity index (χ2v) is 2.47. The molecule has 0 aliphatic carbocycles. The van der Waals surface area contributed by atoms with Gasteiger partial charge in [-0.3, -0.25) is 14.4 Å². The minimum atomic E-state index is -0.427. The third kappa shape index (κ3) is 5.30. The molecule has 0 saturated carbocycles. The van der Waals surface area contributed by atoms with Gasteiger partial charge >= 0.3 is 0 Å². The summed E-state index contributed by atoms with van der Waals surface area (Å²) in [5.74, 6) is -1.10. The Labute approximate surface area is 70.2 Å². The van der Waals surface area contributed by atoms with Crippen molar-refractivity contribution in [2.24, 2.45) is 0 Å². The second kappa shape index (κ2) is 5.19. The van der Waals surface area contributed by atoms with Crippen LogP contribution in [0.25, 0.3) is 0 Å². The fraction of sp³-hybridized carbons (Fsp3) is 0.500. The van der Waals surface area contributed by atoms with Crippen LogP contribution in [0, 0.1) is 11.3 Å². The number of carbonyl (C=O) groups excluding carboxylic acids is 3. The number of ketones is 3. The van der Waals surface area contributed by atoms with Crippen LogP contribution in [-0.4, -0.2) is 17.3 Å². The van der Waals surface area contributed by atoms with E-state index in [0.29, 0.717) is 0 Å². The third-order valence-corrected chi connectivity index (χ3v) is 1.12. The van der Waals surface area contributed by atoms with E-state index in [9.17, 15) is 14.4 Å². The SMILES string of the molecule is CC(=O)CC(=O)CC(=O)CC#N. The maximum Gasteiger partial charge on any atom is 0.154 e. The molecule has 4 heteroatoms. The van der Waals surface area contributed by atoms with E-state index in [-0.39, 0.29) is 25.0 Å². The maximum absolute atomic E-state index is 10.8. The summed E-state index contributed by atoms with van der Waals surface area (Å²) in [6.07, 6.45) is -0.770. The smallest absolute Gasteiger partial charge is 0.154 e. The van der Waals surface area contributed by atoms with Gasteiger partial charge in [-0.2, -0.15) is 5.26 Å². The summed E-state index contributed by atoms with van der Waals surface area (Å²) in [4.78, 5) is 31.9. The molecule has 0 unspecified atom stereocenters. The minimum Gasteiger partial charge on any atom is -0.300 e. The highest BCUT2D eigenvalue weighted by Gasteiger charge is 2.10. The van der Waals surface area contributed by atoms with Gasteiger partial charge in [-0.05, 0) is 6.92 Å². The van der Waals surface area contributed by atoms with Crippen molar-refractivity contribution in [3.63, 3.8) is 0 Å². The molecule has 0 heterocycles. The van der Waals surface area contributed by atoms with Crippen molar-refractivity contribution < 1.29 is 14.4 Å². The second-order valence-electron chi connectivity index (χ2n) is 2.47. The van der Waals surface area contributed by atoms with Crippen LogP contribution in [0.5, 0.6) is 0 Å². The fourth-order valence-electron chi connectivity index (χ4n) is 0.711. The van der Waals surface area contributed by atoms with E-state index in [2.05, 4.69) is 0 Å². The molecule has 0 spiro atoms. The molecule has 0 radical (unpaired) electrons. The normalized spacial score (nSPS) is 8.67. The predicted molar refractivity (Wildman–Crippen MR) is 40.2 cm³/mol. The highest BCUT2D eigenvalue weighted by atomic mass is 16.2. The van der Waals surface area contributed by atoms with E-state index in [1.165, 1.54) is 6.92 Å². The molecular weight excluding hydrogens is 158 g/mol. The van der Waals surface area contributed by atoms with Crippen LogP contribution in [-0.2, 0) is 14.4 Å². The summed E-state index contributed by atoms with van der Waals surface area (Å²) in [5.41, 5.74) is 0. The number of carbonyl (C=O) groups is 3. The van der Waals surface area contributed by atoms with Crippen LogP contribution in [0.3, 0.4) is 0 Å². The molecule has 64 valence electrons. The zero-order valence-corrected chi connectivity index (χ0v) is 6.79. The van der Waals surface area contributed by atoms with Crippen molar-refractivity contribution in [3.8, 4) is 6.07 Å². The predicted octanol–water partition coefficient (Wildman–Crippen LogP) is 0.407. The lowest BCUT2D eigenvalue weighted by Gasteiger charge is -1.93. The summed E-state index contributed by atoms with van der Waals surface area (Å²) in [6.45, 7) is 1.28. The Morgan fingerprint density at radius 2 is 1.75 bits per heavy atom. The van der Waals surface area contributed by atoms with E-state index in [1.54, 1.807) is 6.07 Å². The number of hydrogen-bond donors (Lipinski definition) is 0. The molecule has 0 amide bonds. The van der Waals surface area contributed by atoms with E-state index in [4.69, 9.17) is 5.26 Å². The molecule has 0 fully saturated rings. The molecule has 0 aromatic heterocycles. The van der Waals surface area contributed by atoms with E-state index >= 15 is 0 Å². The van der Waals surface area contributed by atoms with Gasteiger partial charge in [0.05, 0.1) is 25.3 Å². The third-order valence-electron chi connectivity index (χ3n) is 1.12. The molecule has 0 bridgehead atoms. The lowest BCUT2D eigenvalue weighted by atomic mass is 10.1. The van der Waals surface area contributed by atoms with Gasteiger partial charge < -0.3 is 0 Å². The van der Waals surface area contributed by atoms with Crippen molar-refractivity contribution in [1.82, 2.24) is 0 Å². The number of rotatable bonds is 5. The maximum atomic E-state index is 10.8. The molecule has 0 aliphatic rings. The Morgan fingerprint density at radius 1 is 1.17 bits per heavy atom. The Morgan fingerprint density at radius 3 is 2.17 bits per heavy atom. The lowest BCUT2D eigenvalue weighted by molar-refractivity contribution is -0.129. The molecule has 0 atom stereocenters. The molecule has 0 aromatic carbocycles. The van der Waals surface area contributed by atoms with Gasteiger partial charge in [0.15, 0.2) is 5.78 Å². The standard InChI is InChI=1S/C8H9NO3/c1-6(10)4-8(12)5-7(11)2-3-9/h2,4-5H2,1H3. The van der Waals surface area contributed by atoms with Gasteiger partial charge in [0.25, 0.3) is 0 Å². The van der Waals surface area contributed by atoms with Crippen LogP contribution in [0.4, 0.5) is 0 Å². The highest BCUT2D eigenvalue weighted by molar-refractivity contribution is 6.06. The summed E-state index contributed by atoms with van der Waals surface area (Å²) in [7, 11) is 0. The zero-order valence-electron chi connectivity index (χ0n) is 6.79. The van der Waals surface area contributed by atoms with Crippen molar-refractivity contribution >= 4 is 17.3 Å². The average molecular weight is 167 g/mol. The first-order valence-electron chi connectivity index (χ1n) is 3.46. The molecule has 0 N–H and O–H groups in total. The van der Waals surface area contributed by atoms with Gasteiger partial charge in [-0.15, -0.1) is 0 Å². The first kappa shape index (κ1) is 10.5. The van der Waals surface area contributed by atoms with Crippen molar-refractivity contribution in [2.45, 2.75) is 26.2 Å². The van der Waals surface area contributed by atoms with Crippen molar-refractivity contribution in [1.29, 1.82) is 5.26 Å². The Bertz CT molecular complexity index is 250. The Hall–Kier alpha value is -1.50. The monoisotopic (exact) mass is 167 g/mol. The molecule has 12 heavy (non-hydrogen) atoms. The molecule has 0 aliphatic heterocycles. The van der Waals surface area contributed by atoms with Gasteiger partial charge in [-0.25, -0.2) is 0 Å². The molecule has 0 saturated heterocycles. The van der Waals surface area contributed by atoms with Crippen LogP contribution >= 0.6 is 0 Å². The molecule has 0 aromatic rings. The van der Waals surface area contributed by atoms with Gasteiger partial charge in [0.1, 0.15) is 11.6 Å². The number of nitriles is 1. The van der Waals surface area contributed by atoms with Crippen LogP contribution < -0.4 is 0 Å². The number of hydrogen-bond acceptors (Lipinski definition) is 4. The van der Waals surface area contributed by atoms with Crippen LogP contribution in [0.2, 0.25) is 0 Å². The van der Waals surface area contributed by atoms with Crippen LogP contribution in [0.1, 0.15) is 26.2 Å². The van der Waals surface area contributed by atoms with Crippen LogP contribution in [0.15, 0.2) is 0 Å². The quantitative estimate of drug-likeness (QED) is 0.555. The summed E-state index contributed by atoms with van der Waals surface area (Å²) in [5, 5.41) is 8.08. The van der Waals surface area contributed by atoms with Gasteiger partial charge in [0.2, 0.25) is 0 Å². The Kier molecular flexibility index (Phi) is 4.54. The first-order valence-corrected chi connectivity index (χ1v) is 3.46. The highest BCUT2D eigenvalue weighted by Crippen LogP contribution is 1.95. The van der Waals surface area contributed by atoms with Crippen molar-refractivity contribution in [2.75, 3.05) is 0 Å². The largest absolute Gasteiger partial charge is 0.300 e. The topological polar surface area (TPSA) is 75.0 Å². The molecular formula is C8H9NO3. The first-order chi connectivity index (χ1) is 5.56. The summed E-state index contributed by atoms with van der Waals surface area (Å²) < 4.78 is 0. The van der Waals surface area contributed by atoms with E-state index in [0.717, 1.165) is 0 Å². The lowest BCUT2D eigenvalue weighted by Crippen LogP contribution is -2.10. The number of Topliss-reactive ketones (excluding diaryl/α,β-unsaturated/α-hetero) is 3. The van der Waals surface area contributed by atoms with E-state index < -0.39 is 11.6 Å². The number of nitrogens with zero attached hydrogens (tertiary/aromatic N) is 1. The summed E-state index contributed by atoms with van der Waals surface area (Å²) >= 11 is 0. The Balaban J connectivity index is 3.79. The van der Waals surface area contributed by atoms with Gasteiger partial charge in [-0.1, -0.05) is 0 Å². The summed E-state index contributed by atoms with van der Waals surface area (Å²) in [6, 6.07) is 1.64. The minimum absolute atomic E-state index is 0.211.